The molecular formula is C21H32N6. The van der Waals surface area contributed by atoms with Gasteiger partial charge >= 0.3 is 0 Å². The topological polar surface area (TPSA) is 64.4 Å². The number of benzene rings is 1. The van der Waals surface area contributed by atoms with Gasteiger partial charge in [0, 0.05) is 68.3 Å². The summed E-state index contributed by atoms with van der Waals surface area (Å²) < 4.78 is 0. The Morgan fingerprint density at radius 1 is 1.22 bits per heavy atom. The minimum Gasteiger partial charge on any atom is -0.372 e. The molecule has 0 radical (unpaired) electrons. The van der Waals surface area contributed by atoms with E-state index in [2.05, 4.69) is 69.7 Å². The molecule has 1 fully saturated rings. The number of aromatic amines is 1. The lowest BCUT2D eigenvalue weighted by Gasteiger charge is -2.38. The number of hydrogen-bond donors (Lipinski definition) is 2. The molecule has 27 heavy (non-hydrogen) atoms. The second kappa shape index (κ2) is 9.06. The molecule has 1 aromatic carbocycles. The maximum atomic E-state index is 5.65. The number of likely N-dealkylation sites (N-methyl/N-ethyl adjacent to an activating group) is 1. The van der Waals surface area contributed by atoms with E-state index in [-0.39, 0.29) is 0 Å². The second-order valence-corrected chi connectivity index (χ2v) is 7.24. The van der Waals surface area contributed by atoms with Gasteiger partial charge in [-0.05, 0) is 25.6 Å². The molecule has 0 amide bonds. The van der Waals surface area contributed by atoms with Crippen LogP contribution in [0.4, 0.5) is 5.69 Å². The molecule has 6 heteroatoms. The summed E-state index contributed by atoms with van der Waals surface area (Å²) >= 11 is 0. The quantitative estimate of drug-likeness (QED) is 0.750. The number of allylic oxidation sites excluding steroid dienone is 1. The summed E-state index contributed by atoms with van der Waals surface area (Å²) in [6, 6.07) is 8.81. The first-order chi connectivity index (χ1) is 13.1. The second-order valence-electron chi connectivity index (χ2n) is 7.24. The zero-order valence-electron chi connectivity index (χ0n) is 16.6. The van der Waals surface area contributed by atoms with Crippen molar-refractivity contribution in [3.8, 4) is 11.3 Å². The van der Waals surface area contributed by atoms with E-state index in [1.54, 1.807) is 0 Å². The van der Waals surface area contributed by atoms with Crippen molar-refractivity contribution in [2.75, 3.05) is 51.2 Å². The third kappa shape index (κ3) is 4.70. The Hall–Kier alpha value is -2.31. The fraction of sp³-hybridized carbons (Fsp3) is 0.476. The number of hydrogen-bond acceptors (Lipinski definition) is 5. The predicted molar refractivity (Wildman–Crippen MR) is 113 cm³/mol. The van der Waals surface area contributed by atoms with E-state index < -0.39 is 0 Å². The third-order valence-corrected chi connectivity index (χ3v) is 5.33. The van der Waals surface area contributed by atoms with E-state index >= 15 is 0 Å². The molecule has 0 bridgehead atoms. The molecule has 1 aliphatic heterocycles. The molecule has 146 valence electrons. The highest BCUT2D eigenvalue weighted by atomic mass is 15.3. The normalized spacial score (nSPS) is 14.8. The van der Waals surface area contributed by atoms with Crippen LogP contribution in [0.5, 0.6) is 0 Å². The zero-order chi connectivity index (χ0) is 19.2. The standard InChI is InChI=1S/C21H32N6/c1-4-17(2)26-11-13-27(14-12-26)20-7-5-18(6-8-20)21-19(15-23-24-21)16-25(3)10-9-22/h5-8,15H,2,4,9-14,16,22H2,1,3H3,(H,23,24). The van der Waals surface area contributed by atoms with E-state index in [1.165, 1.54) is 22.5 Å². The lowest BCUT2D eigenvalue weighted by atomic mass is 10.1. The predicted octanol–water partition coefficient (Wildman–Crippen LogP) is 2.51. The molecule has 0 saturated carbocycles. The molecule has 6 nitrogen and oxygen atoms in total. The van der Waals surface area contributed by atoms with E-state index in [0.717, 1.165) is 51.4 Å². The summed E-state index contributed by atoms with van der Waals surface area (Å²) in [6.45, 7) is 12.9. The van der Waals surface area contributed by atoms with Crippen LogP contribution in [0.3, 0.4) is 0 Å². The van der Waals surface area contributed by atoms with Crippen LogP contribution < -0.4 is 10.6 Å². The maximum absolute atomic E-state index is 5.65. The largest absolute Gasteiger partial charge is 0.372 e. The minimum atomic E-state index is 0.664. The van der Waals surface area contributed by atoms with Gasteiger partial charge in [-0.3, -0.25) is 5.10 Å². The summed E-state index contributed by atoms with van der Waals surface area (Å²) in [5.74, 6) is 0. The lowest BCUT2D eigenvalue weighted by molar-refractivity contribution is 0.315. The van der Waals surface area contributed by atoms with E-state index in [1.807, 2.05) is 6.20 Å². The number of nitrogens with one attached hydrogen (secondary N) is 1. The Kier molecular flexibility index (Phi) is 6.53. The monoisotopic (exact) mass is 368 g/mol. The molecule has 1 saturated heterocycles. The molecule has 0 aliphatic carbocycles. The van der Waals surface area contributed by atoms with Crippen LogP contribution in [0.2, 0.25) is 0 Å². The van der Waals surface area contributed by atoms with Crippen molar-refractivity contribution in [1.29, 1.82) is 0 Å². The average Bonchev–Trinajstić information content (AvgIpc) is 3.16. The number of nitrogens with zero attached hydrogens (tertiary/aromatic N) is 4. The van der Waals surface area contributed by atoms with Crippen molar-refractivity contribution in [1.82, 2.24) is 20.0 Å². The van der Waals surface area contributed by atoms with Gasteiger partial charge in [0.25, 0.3) is 0 Å². The Labute approximate surface area is 162 Å². The SMILES string of the molecule is C=C(CC)N1CCN(c2ccc(-c3[nH]ncc3CN(C)CCN)cc2)CC1. The Bertz CT molecular complexity index is 727. The molecular weight excluding hydrogens is 336 g/mol. The Morgan fingerprint density at radius 3 is 2.56 bits per heavy atom. The van der Waals surface area contributed by atoms with Crippen molar-refractivity contribution in [3.05, 3.63) is 48.3 Å². The van der Waals surface area contributed by atoms with Crippen LogP contribution in [0.1, 0.15) is 18.9 Å². The van der Waals surface area contributed by atoms with Gasteiger partial charge < -0.3 is 20.4 Å². The van der Waals surface area contributed by atoms with Gasteiger partial charge in [-0.15, -0.1) is 0 Å². The average molecular weight is 369 g/mol. The van der Waals surface area contributed by atoms with Gasteiger partial charge in [-0.2, -0.15) is 5.10 Å². The van der Waals surface area contributed by atoms with Crippen LogP contribution in [-0.2, 0) is 6.54 Å². The molecule has 1 aromatic heterocycles. The summed E-state index contributed by atoms with van der Waals surface area (Å²) in [5.41, 5.74) is 11.6. The molecule has 3 rings (SSSR count). The highest BCUT2D eigenvalue weighted by Gasteiger charge is 2.18. The Balaban J connectivity index is 1.65. The van der Waals surface area contributed by atoms with Gasteiger partial charge in [-0.1, -0.05) is 25.6 Å². The van der Waals surface area contributed by atoms with E-state index in [4.69, 9.17) is 5.73 Å². The Morgan fingerprint density at radius 2 is 1.93 bits per heavy atom. The number of rotatable bonds is 8. The van der Waals surface area contributed by atoms with Crippen molar-refractivity contribution in [2.45, 2.75) is 19.9 Å². The molecule has 3 N–H and O–H groups in total. The van der Waals surface area contributed by atoms with Crippen LogP contribution in [-0.4, -0.2) is 66.3 Å². The number of anilines is 1. The molecule has 0 spiro atoms. The molecule has 1 aliphatic rings. The van der Waals surface area contributed by atoms with Gasteiger partial charge in [0.05, 0.1) is 11.9 Å². The first-order valence-electron chi connectivity index (χ1n) is 9.81. The van der Waals surface area contributed by atoms with Crippen molar-refractivity contribution in [2.24, 2.45) is 5.73 Å². The van der Waals surface area contributed by atoms with Crippen LogP contribution in [0, 0.1) is 0 Å². The maximum Gasteiger partial charge on any atom is 0.0695 e. The number of aromatic nitrogens is 2. The van der Waals surface area contributed by atoms with Crippen LogP contribution in [0.25, 0.3) is 11.3 Å². The van der Waals surface area contributed by atoms with E-state index in [0.29, 0.717) is 6.54 Å². The van der Waals surface area contributed by atoms with E-state index in [9.17, 15) is 0 Å². The highest BCUT2D eigenvalue weighted by molar-refractivity contribution is 5.65. The summed E-state index contributed by atoms with van der Waals surface area (Å²) in [4.78, 5) is 7.07. The van der Waals surface area contributed by atoms with Gasteiger partial charge in [0.1, 0.15) is 0 Å². The number of nitrogens with two attached hydrogens (primary N) is 1. The van der Waals surface area contributed by atoms with Crippen LogP contribution >= 0.6 is 0 Å². The summed E-state index contributed by atoms with van der Waals surface area (Å²) in [6.07, 6.45) is 2.94. The summed E-state index contributed by atoms with van der Waals surface area (Å²) in [5, 5.41) is 7.41. The fourth-order valence-electron chi connectivity index (χ4n) is 3.61. The van der Waals surface area contributed by atoms with Gasteiger partial charge in [-0.25, -0.2) is 0 Å². The first kappa shape index (κ1) is 19.5. The third-order valence-electron chi connectivity index (χ3n) is 5.33. The molecule has 0 unspecified atom stereocenters. The summed E-state index contributed by atoms with van der Waals surface area (Å²) in [7, 11) is 2.08. The molecule has 2 heterocycles. The molecule has 0 atom stereocenters. The zero-order valence-corrected chi connectivity index (χ0v) is 16.6. The minimum absolute atomic E-state index is 0.664. The van der Waals surface area contributed by atoms with Crippen LogP contribution in [0.15, 0.2) is 42.7 Å². The van der Waals surface area contributed by atoms with Gasteiger partial charge in [0.15, 0.2) is 0 Å². The molecule has 2 aromatic rings. The number of piperazine rings is 1. The van der Waals surface area contributed by atoms with Crippen molar-refractivity contribution >= 4 is 5.69 Å². The lowest BCUT2D eigenvalue weighted by Crippen LogP contribution is -2.45. The van der Waals surface area contributed by atoms with Gasteiger partial charge in [0.2, 0.25) is 0 Å². The number of H-pyrrole nitrogens is 1. The smallest absolute Gasteiger partial charge is 0.0695 e. The fourth-order valence-corrected chi connectivity index (χ4v) is 3.61. The first-order valence-corrected chi connectivity index (χ1v) is 9.81. The highest BCUT2D eigenvalue weighted by Crippen LogP contribution is 2.26. The van der Waals surface area contributed by atoms with Crippen molar-refractivity contribution < 1.29 is 0 Å². The van der Waals surface area contributed by atoms with Crippen molar-refractivity contribution in [3.63, 3.8) is 0 Å².